The molecule has 8 heteroatoms. The van der Waals surface area contributed by atoms with Gasteiger partial charge in [0.25, 0.3) is 5.91 Å². The Bertz CT molecular complexity index is 2160. The first-order valence-electron chi connectivity index (χ1n) is 16.8. The van der Waals surface area contributed by atoms with E-state index < -0.39 is 24.0 Å². The van der Waals surface area contributed by atoms with Gasteiger partial charge in [-0.1, -0.05) is 103 Å². The Morgan fingerprint density at radius 2 is 1.36 bits per heavy atom. The minimum Gasteiger partial charge on any atom is -0.347 e. The minimum atomic E-state index is -4.52. The average Bonchev–Trinajstić information content (AvgIpc) is 3.67. The molecule has 0 fully saturated rings. The second-order valence-corrected chi connectivity index (χ2v) is 12.9. The third-order valence-electron chi connectivity index (χ3n) is 9.70. The van der Waals surface area contributed by atoms with Gasteiger partial charge in [0.2, 0.25) is 5.91 Å². The Labute approximate surface area is 288 Å². The fraction of sp³-hybridized carbons (Fsp3) is 0.190. The summed E-state index contributed by atoms with van der Waals surface area (Å²) in [6.45, 7) is 1.27. The first-order chi connectivity index (χ1) is 24.2. The third kappa shape index (κ3) is 6.17. The number of halogens is 3. The monoisotopic (exact) mass is 671 g/mol. The van der Waals surface area contributed by atoms with Crippen LogP contribution in [0, 0.1) is 6.92 Å². The van der Waals surface area contributed by atoms with E-state index in [1.165, 1.54) is 0 Å². The van der Waals surface area contributed by atoms with Gasteiger partial charge in [-0.25, -0.2) is 0 Å². The molecule has 5 aromatic carbocycles. The van der Waals surface area contributed by atoms with Gasteiger partial charge in [-0.15, -0.1) is 0 Å². The van der Waals surface area contributed by atoms with E-state index >= 15 is 0 Å². The van der Waals surface area contributed by atoms with Crippen molar-refractivity contribution in [3.63, 3.8) is 0 Å². The number of carbonyl (C=O) groups excluding carboxylic acids is 2. The second-order valence-electron chi connectivity index (χ2n) is 12.9. The summed E-state index contributed by atoms with van der Waals surface area (Å²) in [5.41, 5.74) is 7.17. The van der Waals surface area contributed by atoms with Crippen LogP contribution in [0.5, 0.6) is 0 Å². The summed E-state index contributed by atoms with van der Waals surface area (Å²) in [5, 5.41) is 6.23. The summed E-state index contributed by atoms with van der Waals surface area (Å²) in [5.74, 6) is -0.837. The summed E-state index contributed by atoms with van der Waals surface area (Å²) < 4.78 is 41.9. The van der Waals surface area contributed by atoms with Gasteiger partial charge in [0.1, 0.15) is 12.0 Å². The molecule has 6 aromatic rings. The van der Waals surface area contributed by atoms with E-state index in [4.69, 9.17) is 0 Å². The van der Waals surface area contributed by atoms with E-state index in [1.54, 1.807) is 0 Å². The van der Waals surface area contributed by atoms with Crippen LogP contribution in [-0.2, 0) is 16.8 Å². The van der Waals surface area contributed by atoms with E-state index in [9.17, 15) is 22.8 Å². The van der Waals surface area contributed by atoms with Crippen molar-refractivity contribution in [1.82, 2.24) is 9.88 Å². The Hall–Kier alpha value is -5.63. The van der Waals surface area contributed by atoms with Gasteiger partial charge < -0.3 is 15.2 Å². The van der Waals surface area contributed by atoms with Gasteiger partial charge in [-0.2, -0.15) is 13.2 Å². The molecule has 2 N–H and O–H groups in total. The number of amides is 2. The van der Waals surface area contributed by atoms with Crippen molar-refractivity contribution in [3.05, 3.63) is 150 Å². The molecule has 1 aliphatic carbocycles. The standard InChI is InChI=1S/C42H36F3N3O2/c1-28-19-21-29(22-20-28)30-11-2-3-14-33(30)39(49)47-37-17-10-18-38-34(37)23-26-48(38)25-9-8-24-41(40(50)46-27-42(43,44)45)35-15-6-4-12-31(35)32-13-5-7-16-36(32)41/h2-7,10-23,26H,8-9,24-25,27H2,1H3,(H,46,50)(H,47,49). The smallest absolute Gasteiger partial charge is 0.347 e. The summed E-state index contributed by atoms with van der Waals surface area (Å²) in [4.78, 5) is 27.4. The maximum atomic E-state index is 13.8. The number of anilines is 1. The lowest BCUT2D eigenvalue weighted by atomic mass is 9.73. The zero-order valence-corrected chi connectivity index (χ0v) is 27.6. The molecule has 7 rings (SSSR count). The van der Waals surface area contributed by atoms with E-state index in [0.29, 0.717) is 37.1 Å². The van der Waals surface area contributed by atoms with Crippen molar-refractivity contribution >= 4 is 28.4 Å². The molecular formula is C42H36F3N3O2. The second kappa shape index (κ2) is 13.3. The molecule has 0 atom stereocenters. The number of rotatable bonds is 10. The highest BCUT2D eigenvalue weighted by atomic mass is 19.4. The lowest BCUT2D eigenvalue weighted by Gasteiger charge is -2.31. The van der Waals surface area contributed by atoms with Crippen LogP contribution < -0.4 is 10.6 Å². The molecule has 1 aliphatic rings. The Kier molecular flexibility index (Phi) is 8.78. The molecule has 1 heterocycles. The zero-order chi connectivity index (χ0) is 34.9. The first kappa shape index (κ1) is 32.9. The Morgan fingerprint density at radius 1 is 0.720 bits per heavy atom. The van der Waals surface area contributed by atoms with Crippen molar-refractivity contribution in [3.8, 4) is 22.3 Å². The van der Waals surface area contributed by atoms with Gasteiger partial charge in [-0.3, -0.25) is 9.59 Å². The van der Waals surface area contributed by atoms with E-state index in [1.807, 2.05) is 134 Å². The third-order valence-corrected chi connectivity index (χ3v) is 9.70. The summed E-state index contributed by atoms with van der Waals surface area (Å²) >= 11 is 0. The number of fused-ring (bicyclic) bond motifs is 4. The average molecular weight is 672 g/mol. The van der Waals surface area contributed by atoms with Crippen LogP contribution in [0.25, 0.3) is 33.2 Å². The highest BCUT2D eigenvalue weighted by Crippen LogP contribution is 2.51. The number of aryl methyl sites for hydroxylation is 2. The van der Waals surface area contributed by atoms with Crippen LogP contribution in [0.15, 0.2) is 128 Å². The van der Waals surface area contributed by atoms with Gasteiger partial charge >= 0.3 is 6.18 Å². The highest BCUT2D eigenvalue weighted by Gasteiger charge is 2.49. The number of hydrogen-bond acceptors (Lipinski definition) is 2. The molecule has 5 nitrogen and oxygen atoms in total. The Balaban J connectivity index is 1.10. The number of hydrogen-bond donors (Lipinski definition) is 2. The number of nitrogens with zero attached hydrogens (tertiary/aromatic N) is 1. The summed E-state index contributed by atoms with van der Waals surface area (Å²) in [6.07, 6.45) is -0.915. The molecule has 252 valence electrons. The van der Waals surface area contributed by atoms with E-state index in [2.05, 4.69) is 15.2 Å². The largest absolute Gasteiger partial charge is 0.405 e. The SMILES string of the molecule is Cc1ccc(-c2ccccc2C(=O)Nc2cccc3c2ccn3CCCCC2(C(=O)NCC(F)(F)F)c3ccccc3-c3ccccc32)cc1. The van der Waals surface area contributed by atoms with Crippen molar-refractivity contribution < 1.29 is 22.8 Å². The predicted octanol–water partition coefficient (Wildman–Crippen LogP) is 9.68. The molecule has 2 amide bonds. The van der Waals surface area contributed by atoms with Crippen molar-refractivity contribution in [2.24, 2.45) is 0 Å². The van der Waals surface area contributed by atoms with Crippen LogP contribution in [0.1, 0.15) is 46.3 Å². The summed E-state index contributed by atoms with van der Waals surface area (Å²) in [6, 6.07) is 38.4. The van der Waals surface area contributed by atoms with Crippen LogP contribution in [0.3, 0.4) is 0 Å². The van der Waals surface area contributed by atoms with Crippen molar-refractivity contribution in [2.45, 2.75) is 44.3 Å². The molecule has 0 spiro atoms. The van der Waals surface area contributed by atoms with Gasteiger partial charge in [0.05, 0.1) is 11.2 Å². The number of unbranched alkanes of at least 4 members (excludes halogenated alkanes) is 1. The number of nitrogens with one attached hydrogen (secondary N) is 2. The van der Waals surface area contributed by atoms with Crippen molar-refractivity contribution in [1.29, 1.82) is 0 Å². The summed E-state index contributed by atoms with van der Waals surface area (Å²) in [7, 11) is 0. The first-order valence-corrected chi connectivity index (χ1v) is 16.8. The molecule has 0 saturated carbocycles. The maximum Gasteiger partial charge on any atom is 0.405 e. The van der Waals surface area contributed by atoms with E-state index in [-0.39, 0.29) is 5.91 Å². The van der Waals surface area contributed by atoms with E-state index in [0.717, 1.165) is 49.8 Å². The molecule has 0 saturated heterocycles. The molecule has 0 bridgehead atoms. The van der Waals surface area contributed by atoms with Crippen LogP contribution in [-0.4, -0.2) is 29.1 Å². The minimum absolute atomic E-state index is 0.201. The maximum absolute atomic E-state index is 13.8. The fourth-order valence-electron chi connectivity index (χ4n) is 7.34. The number of carbonyl (C=O) groups is 2. The predicted molar refractivity (Wildman–Crippen MR) is 192 cm³/mol. The van der Waals surface area contributed by atoms with Gasteiger partial charge in [-0.05, 0) is 83.8 Å². The normalized spacial score (nSPS) is 13.1. The Morgan fingerprint density at radius 3 is 2.04 bits per heavy atom. The molecule has 1 aromatic heterocycles. The molecule has 0 radical (unpaired) electrons. The zero-order valence-electron chi connectivity index (χ0n) is 27.6. The molecular weight excluding hydrogens is 635 g/mol. The molecule has 0 aliphatic heterocycles. The van der Waals surface area contributed by atoms with Crippen LogP contribution in [0.2, 0.25) is 0 Å². The number of benzene rings is 5. The van der Waals surface area contributed by atoms with Gasteiger partial charge in [0, 0.05) is 23.7 Å². The lowest BCUT2D eigenvalue weighted by molar-refractivity contribution is -0.141. The fourth-order valence-corrected chi connectivity index (χ4v) is 7.34. The van der Waals surface area contributed by atoms with Crippen LogP contribution >= 0.6 is 0 Å². The molecule has 0 unspecified atom stereocenters. The molecule has 50 heavy (non-hydrogen) atoms. The lowest BCUT2D eigenvalue weighted by Crippen LogP contribution is -2.47. The number of aromatic nitrogens is 1. The van der Waals surface area contributed by atoms with Gasteiger partial charge in [0.15, 0.2) is 0 Å². The quantitative estimate of drug-likeness (QED) is 0.143. The topological polar surface area (TPSA) is 63.1 Å². The van der Waals surface area contributed by atoms with Crippen molar-refractivity contribution in [2.75, 3.05) is 11.9 Å². The highest BCUT2D eigenvalue weighted by molar-refractivity contribution is 6.12. The number of alkyl halides is 3. The van der Waals surface area contributed by atoms with Crippen LogP contribution in [0.4, 0.5) is 18.9 Å².